The Morgan fingerprint density at radius 2 is 2.11 bits per heavy atom. The molecule has 0 aromatic carbocycles. The summed E-state index contributed by atoms with van der Waals surface area (Å²) in [6, 6.07) is 1.72. The minimum atomic E-state index is -0.166. The Morgan fingerprint density at radius 1 is 1.37 bits per heavy atom. The van der Waals surface area contributed by atoms with Gasteiger partial charge in [-0.15, -0.1) is 0 Å². The first-order valence-corrected chi connectivity index (χ1v) is 7.35. The number of carbonyl (C=O) groups excluding carboxylic acids is 1. The Bertz CT molecular complexity index is 479. The highest BCUT2D eigenvalue weighted by atomic mass is 35.5. The Hall–Kier alpha value is -0.800. The van der Waals surface area contributed by atoms with Gasteiger partial charge in [0.2, 0.25) is 0 Å². The molecule has 19 heavy (non-hydrogen) atoms. The largest absolute Gasteiger partial charge is 0.349 e. The molecule has 1 amide bonds. The summed E-state index contributed by atoms with van der Waals surface area (Å²) in [5, 5.41) is 3.67. The standard InChI is InChI=1S/C14H18Cl2N2O/c1-8-3-4-12(9(2)5-8)18-14(19)10-6-13(16)17-7-11(10)15/h6-9,12H,3-5H2,1-2H3,(H,18,19). The van der Waals surface area contributed by atoms with Crippen molar-refractivity contribution in [2.75, 3.05) is 0 Å². The zero-order valence-electron chi connectivity index (χ0n) is 11.1. The molecule has 1 aromatic heterocycles. The van der Waals surface area contributed by atoms with E-state index in [-0.39, 0.29) is 17.1 Å². The van der Waals surface area contributed by atoms with Crippen molar-refractivity contribution >= 4 is 29.1 Å². The molecule has 1 saturated carbocycles. The number of hydrogen-bond donors (Lipinski definition) is 1. The summed E-state index contributed by atoms with van der Waals surface area (Å²) < 4.78 is 0. The molecule has 5 heteroatoms. The van der Waals surface area contributed by atoms with E-state index in [1.165, 1.54) is 12.3 Å². The van der Waals surface area contributed by atoms with Gasteiger partial charge in [0, 0.05) is 12.2 Å². The lowest BCUT2D eigenvalue weighted by atomic mass is 9.80. The predicted molar refractivity (Wildman–Crippen MR) is 77.7 cm³/mol. The van der Waals surface area contributed by atoms with E-state index in [2.05, 4.69) is 24.1 Å². The van der Waals surface area contributed by atoms with Crippen LogP contribution < -0.4 is 5.32 Å². The number of aromatic nitrogens is 1. The van der Waals surface area contributed by atoms with Crippen LogP contribution >= 0.6 is 23.2 Å². The maximum absolute atomic E-state index is 12.2. The summed E-state index contributed by atoms with van der Waals surface area (Å²) >= 11 is 11.8. The molecule has 0 bridgehead atoms. The molecule has 0 spiro atoms. The predicted octanol–water partition coefficient (Wildman–Crippen LogP) is 3.94. The van der Waals surface area contributed by atoms with Gasteiger partial charge in [0.1, 0.15) is 5.15 Å². The van der Waals surface area contributed by atoms with Crippen LogP contribution in [0, 0.1) is 11.8 Å². The zero-order valence-corrected chi connectivity index (χ0v) is 12.6. The Balaban J connectivity index is 2.06. The fraction of sp³-hybridized carbons (Fsp3) is 0.571. The van der Waals surface area contributed by atoms with E-state index in [1.54, 1.807) is 0 Å². The lowest BCUT2D eigenvalue weighted by Gasteiger charge is -2.33. The van der Waals surface area contributed by atoms with Crippen molar-refractivity contribution in [3.05, 3.63) is 28.0 Å². The molecular formula is C14H18Cl2N2O. The molecule has 0 radical (unpaired) electrons. The van der Waals surface area contributed by atoms with Gasteiger partial charge >= 0.3 is 0 Å². The highest BCUT2D eigenvalue weighted by Gasteiger charge is 2.27. The second-order valence-corrected chi connectivity index (χ2v) is 6.26. The molecule has 1 N–H and O–H groups in total. The highest BCUT2D eigenvalue weighted by Crippen LogP contribution is 2.29. The van der Waals surface area contributed by atoms with Gasteiger partial charge in [-0.25, -0.2) is 4.98 Å². The van der Waals surface area contributed by atoms with E-state index < -0.39 is 0 Å². The Kier molecular flexibility index (Phi) is 4.69. The Morgan fingerprint density at radius 3 is 2.79 bits per heavy atom. The number of nitrogens with zero attached hydrogens (tertiary/aromatic N) is 1. The average Bonchev–Trinajstić information content (AvgIpc) is 2.35. The first-order valence-electron chi connectivity index (χ1n) is 6.59. The third-order valence-corrected chi connectivity index (χ3v) is 4.32. The van der Waals surface area contributed by atoms with Crippen LogP contribution in [0.1, 0.15) is 43.5 Å². The van der Waals surface area contributed by atoms with Crippen LogP contribution in [0.3, 0.4) is 0 Å². The monoisotopic (exact) mass is 300 g/mol. The van der Waals surface area contributed by atoms with Crippen molar-refractivity contribution in [1.82, 2.24) is 10.3 Å². The molecule has 3 atom stereocenters. The molecule has 1 aromatic rings. The van der Waals surface area contributed by atoms with Crippen LogP contribution in [0.4, 0.5) is 0 Å². The van der Waals surface area contributed by atoms with Gasteiger partial charge in [-0.05, 0) is 37.2 Å². The second kappa shape index (κ2) is 6.10. The van der Waals surface area contributed by atoms with Gasteiger partial charge in [-0.2, -0.15) is 0 Å². The molecule has 0 saturated heterocycles. The number of halogens is 2. The van der Waals surface area contributed by atoms with Gasteiger partial charge in [0.05, 0.1) is 10.6 Å². The number of amides is 1. The molecule has 1 heterocycles. The van der Waals surface area contributed by atoms with Crippen molar-refractivity contribution in [3.8, 4) is 0 Å². The van der Waals surface area contributed by atoms with E-state index >= 15 is 0 Å². The zero-order chi connectivity index (χ0) is 14.0. The summed E-state index contributed by atoms with van der Waals surface area (Å²) in [5.74, 6) is 1.06. The fourth-order valence-corrected chi connectivity index (χ4v) is 3.06. The topological polar surface area (TPSA) is 42.0 Å². The molecule has 3 unspecified atom stereocenters. The quantitative estimate of drug-likeness (QED) is 0.841. The van der Waals surface area contributed by atoms with E-state index in [9.17, 15) is 4.79 Å². The number of carbonyl (C=O) groups is 1. The van der Waals surface area contributed by atoms with Gasteiger partial charge in [-0.1, -0.05) is 37.0 Å². The molecular weight excluding hydrogens is 283 g/mol. The van der Waals surface area contributed by atoms with Crippen LogP contribution in [0.2, 0.25) is 10.2 Å². The first-order chi connectivity index (χ1) is 8.97. The smallest absolute Gasteiger partial charge is 0.253 e. The van der Waals surface area contributed by atoms with Gasteiger partial charge in [-0.3, -0.25) is 4.79 Å². The summed E-state index contributed by atoms with van der Waals surface area (Å²) in [6.45, 7) is 4.44. The third kappa shape index (κ3) is 3.61. The molecule has 3 nitrogen and oxygen atoms in total. The van der Waals surface area contributed by atoms with E-state index in [1.807, 2.05) is 0 Å². The number of pyridine rings is 1. The minimum Gasteiger partial charge on any atom is -0.349 e. The van der Waals surface area contributed by atoms with Crippen molar-refractivity contribution < 1.29 is 4.79 Å². The highest BCUT2D eigenvalue weighted by molar-refractivity contribution is 6.35. The van der Waals surface area contributed by atoms with Gasteiger partial charge in [0.15, 0.2) is 0 Å². The summed E-state index contributed by atoms with van der Waals surface area (Å²) in [5.41, 5.74) is 0.396. The van der Waals surface area contributed by atoms with E-state index in [4.69, 9.17) is 23.2 Å². The van der Waals surface area contributed by atoms with Crippen molar-refractivity contribution in [3.63, 3.8) is 0 Å². The maximum atomic E-state index is 12.2. The van der Waals surface area contributed by atoms with Gasteiger partial charge < -0.3 is 5.32 Å². The van der Waals surface area contributed by atoms with E-state index in [0.717, 1.165) is 25.2 Å². The lowest BCUT2D eigenvalue weighted by molar-refractivity contribution is 0.0899. The molecule has 1 fully saturated rings. The van der Waals surface area contributed by atoms with Crippen LogP contribution in [0.25, 0.3) is 0 Å². The molecule has 0 aliphatic heterocycles. The maximum Gasteiger partial charge on any atom is 0.253 e. The van der Waals surface area contributed by atoms with Crippen molar-refractivity contribution in [2.45, 2.75) is 39.2 Å². The SMILES string of the molecule is CC1CCC(NC(=O)c2cc(Cl)ncc2Cl)C(C)C1. The normalized spacial score (nSPS) is 27.1. The van der Waals surface area contributed by atoms with Crippen LogP contribution in [-0.4, -0.2) is 16.9 Å². The first kappa shape index (κ1) is 14.6. The van der Waals surface area contributed by atoms with Crippen LogP contribution in [0.15, 0.2) is 12.3 Å². The fourth-order valence-electron chi connectivity index (χ4n) is 2.71. The summed E-state index contributed by atoms with van der Waals surface area (Å²) in [4.78, 5) is 16.1. The number of hydrogen-bond acceptors (Lipinski definition) is 2. The van der Waals surface area contributed by atoms with Gasteiger partial charge in [0.25, 0.3) is 5.91 Å². The molecule has 2 rings (SSSR count). The number of rotatable bonds is 2. The average molecular weight is 301 g/mol. The van der Waals surface area contributed by atoms with Crippen molar-refractivity contribution in [1.29, 1.82) is 0 Å². The molecule has 104 valence electrons. The third-order valence-electron chi connectivity index (χ3n) is 3.81. The minimum absolute atomic E-state index is 0.166. The van der Waals surface area contributed by atoms with Crippen LogP contribution in [-0.2, 0) is 0 Å². The lowest BCUT2D eigenvalue weighted by Crippen LogP contribution is -2.42. The van der Waals surface area contributed by atoms with E-state index in [0.29, 0.717) is 16.5 Å². The Labute approximate surface area is 123 Å². The van der Waals surface area contributed by atoms with Crippen LogP contribution in [0.5, 0.6) is 0 Å². The molecule has 1 aliphatic rings. The molecule has 1 aliphatic carbocycles. The summed E-state index contributed by atoms with van der Waals surface area (Å²) in [6.07, 6.45) is 4.73. The van der Waals surface area contributed by atoms with Crippen molar-refractivity contribution in [2.24, 2.45) is 11.8 Å². The number of nitrogens with one attached hydrogen (secondary N) is 1. The second-order valence-electron chi connectivity index (χ2n) is 5.46. The summed E-state index contributed by atoms with van der Waals surface area (Å²) in [7, 11) is 0.